The number of methoxy groups -OCH3 is 1. The molecule has 0 aliphatic rings. The minimum Gasteiger partial charge on any atom is -0.497 e. The summed E-state index contributed by atoms with van der Waals surface area (Å²) in [6.45, 7) is 0.0557. The molecule has 0 aliphatic carbocycles. The Kier molecular flexibility index (Phi) is 6.73. The highest BCUT2D eigenvalue weighted by Crippen LogP contribution is 2.13. The molecule has 5 heteroatoms. The number of Topliss-reactive ketones (excluding diaryl/α,β-unsaturated/α-hetero) is 1. The smallest absolute Gasteiger partial charge is 0.313 e. The third-order valence-electron chi connectivity index (χ3n) is 3.65. The lowest BCUT2D eigenvalue weighted by Gasteiger charge is -2.06. The summed E-state index contributed by atoms with van der Waals surface area (Å²) in [6, 6.07) is 16.3. The van der Waals surface area contributed by atoms with E-state index >= 15 is 0 Å². The van der Waals surface area contributed by atoms with Crippen molar-refractivity contribution in [2.45, 2.75) is 25.9 Å². The lowest BCUT2D eigenvalue weighted by Crippen LogP contribution is -2.12. The average Bonchev–Trinajstić information content (AvgIpc) is 2.65. The van der Waals surface area contributed by atoms with Crippen LogP contribution in [-0.2, 0) is 27.4 Å². The summed E-state index contributed by atoms with van der Waals surface area (Å²) in [5.41, 5.74) is 2.23. The summed E-state index contributed by atoms with van der Waals surface area (Å²) in [5, 5.41) is 8.83. The van der Waals surface area contributed by atoms with Crippen LogP contribution in [0.25, 0.3) is 0 Å². The number of rotatable bonds is 8. The maximum Gasteiger partial charge on any atom is 0.313 e. The van der Waals surface area contributed by atoms with Gasteiger partial charge in [-0.05, 0) is 41.8 Å². The van der Waals surface area contributed by atoms with Crippen molar-refractivity contribution in [1.82, 2.24) is 0 Å². The van der Waals surface area contributed by atoms with E-state index in [0.717, 1.165) is 16.9 Å². The fraction of sp³-hybridized carbons (Fsp3) is 0.250. The molecule has 0 N–H and O–H groups in total. The summed E-state index contributed by atoms with van der Waals surface area (Å²) in [7, 11) is 1.60. The van der Waals surface area contributed by atoms with E-state index in [-0.39, 0.29) is 25.2 Å². The minimum atomic E-state index is -0.554. The first-order valence-electron chi connectivity index (χ1n) is 7.90. The molecule has 0 spiro atoms. The van der Waals surface area contributed by atoms with E-state index < -0.39 is 5.97 Å². The van der Waals surface area contributed by atoms with E-state index in [1.54, 1.807) is 31.4 Å². The van der Waals surface area contributed by atoms with Crippen molar-refractivity contribution in [2.24, 2.45) is 0 Å². The zero-order chi connectivity index (χ0) is 18.1. The Hall–Kier alpha value is -3.13. The molecule has 0 unspecified atom stereocenters. The maximum atomic E-state index is 11.9. The molecule has 128 valence electrons. The lowest BCUT2D eigenvalue weighted by molar-refractivity contribution is -0.147. The largest absolute Gasteiger partial charge is 0.497 e. The van der Waals surface area contributed by atoms with Crippen LogP contribution in [-0.4, -0.2) is 18.9 Å². The number of aryl methyl sites for hydroxylation is 1. The molecule has 25 heavy (non-hydrogen) atoms. The molecule has 0 amide bonds. The normalized spacial score (nSPS) is 9.92. The summed E-state index contributed by atoms with van der Waals surface area (Å²) < 4.78 is 10.2. The van der Waals surface area contributed by atoms with Crippen LogP contribution in [0.15, 0.2) is 48.5 Å². The topological polar surface area (TPSA) is 76.4 Å². The number of hydrogen-bond donors (Lipinski definition) is 0. The van der Waals surface area contributed by atoms with Gasteiger partial charge in [0.15, 0.2) is 0 Å². The number of hydrogen-bond acceptors (Lipinski definition) is 5. The SMILES string of the molecule is COc1ccc(CCC(=O)CC(=O)OCc2cccc(C#N)c2)cc1. The summed E-state index contributed by atoms with van der Waals surface area (Å²) in [5.74, 6) is 0.0489. The Bertz CT molecular complexity index is 775. The van der Waals surface area contributed by atoms with Gasteiger partial charge in [0, 0.05) is 6.42 Å². The molecule has 0 atom stereocenters. The Labute approximate surface area is 146 Å². The van der Waals surface area contributed by atoms with Gasteiger partial charge in [-0.1, -0.05) is 24.3 Å². The minimum absolute atomic E-state index is 0.0557. The van der Waals surface area contributed by atoms with Gasteiger partial charge in [0.25, 0.3) is 0 Å². The second-order valence-electron chi connectivity index (χ2n) is 5.54. The fourth-order valence-electron chi connectivity index (χ4n) is 2.27. The molecular weight excluding hydrogens is 318 g/mol. The number of ether oxygens (including phenoxy) is 2. The monoisotopic (exact) mass is 337 g/mol. The predicted molar refractivity (Wildman–Crippen MR) is 91.9 cm³/mol. The van der Waals surface area contributed by atoms with Crippen LogP contribution in [0.2, 0.25) is 0 Å². The van der Waals surface area contributed by atoms with E-state index in [2.05, 4.69) is 0 Å². The number of nitrogens with zero attached hydrogens (tertiary/aromatic N) is 1. The Morgan fingerprint density at radius 2 is 1.84 bits per heavy atom. The molecule has 0 heterocycles. The Morgan fingerprint density at radius 1 is 1.08 bits per heavy atom. The molecule has 5 nitrogen and oxygen atoms in total. The summed E-state index contributed by atoms with van der Waals surface area (Å²) in [6.07, 6.45) is 0.611. The molecule has 0 aliphatic heterocycles. The van der Waals surface area contributed by atoms with E-state index in [0.29, 0.717) is 12.0 Å². The van der Waals surface area contributed by atoms with Gasteiger partial charge in [-0.15, -0.1) is 0 Å². The molecule has 0 saturated heterocycles. The van der Waals surface area contributed by atoms with Crippen molar-refractivity contribution in [3.05, 3.63) is 65.2 Å². The molecule has 2 rings (SSSR count). The van der Waals surface area contributed by atoms with Gasteiger partial charge in [0.2, 0.25) is 0 Å². The molecule has 2 aromatic carbocycles. The van der Waals surface area contributed by atoms with E-state index in [4.69, 9.17) is 14.7 Å². The van der Waals surface area contributed by atoms with E-state index in [1.807, 2.05) is 30.3 Å². The molecule has 0 bridgehead atoms. The second kappa shape index (κ2) is 9.24. The Morgan fingerprint density at radius 3 is 2.52 bits per heavy atom. The highest BCUT2D eigenvalue weighted by molar-refractivity contribution is 5.95. The number of benzene rings is 2. The van der Waals surface area contributed by atoms with Crippen LogP contribution >= 0.6 is 0 Å². The third kappa shape index (κ3) is 6.11. The van der Waals surface area contributed by atoms with Crippen molar-refractivity contribution in [1.29, 1.82) is 5.26 Å². The quantitative estimate of drug-likeness (QED) is 0.546. The van der Waals surface area contributed by atoms with Gasteiger partial charge in [-0.2, -0.15) is 5.26 Å². The van der Waals surface area contributed by atoms with Crippen LogP contribution in [0.4, 0.5) is 0 Å². The van der Waals surface area contributed by atoms with Crippen molar-refractivity contribution in [3.63, 3.8) is 0 Å². The zero-order valence-electron chi connectivity index (χ0n) is 14.0. The number of carbonyl (C=O) groups excluding carboxylic acids is 2. The first-order valence-corrected chi connectivity index (χ1v) is 7.90. The van der Waals surface area contributed by atoms with Crippen molar-refractivity contribution < 1.29 is 19.1 Å². The first-order chi connectivity index (χ1) is 12.1. The van der Waals surface area contributed by atoms with Gasteiger partial charge in [-0.25, -0.2) is 0 Å². The van der Waals surface area contributed by atoms with Crippen LogP contribution in [0.5, 0.6) is 5.75 Å². The molecule has 0 fully saturated rings. The summed E-state index contributed by atoms with van der Waals surface area (Å²) in [4.78, 5) is 23.6. The van der Waals surface area contributed by atoms with E-state index in [1.165, 1.54) is 0 Å². The van der Waals surface area contributed by atoms with Crippen LogP contribution in [0, 0.1) is 11.3 Å². The predicted octanol–water partition coefficient (Wildman–Crippen LogP) is 3.20. The third-order valence-corrected chi connectivity index (χ3v) is 3.65. The summed E-state index contributed by atoms with van der Waals surface area (Å²) >= 11 is 0. The van der Waals surface area contributed by atoms with Crippen molar-refractivity contribution in [2.75, 3.05) is 7.11 Å². The first kappa shape index (κ1) is 18.2. The van der Waals surface area contributed by atoms with Gasteiger partial charge >= 0.3 is 5.97 Å². The number of ketones is 1. The van der Waals surface area contributed by atoms with Crippen molar-refractivity contribution >= 4 is 11.8 Å². The second-order valence-corrected chi connectivity index (χ2v) is 5.54. The van der Waals surface area contributed by atoms with Crippen LogP contribution < -0.4 is 4.74 Å². The molecule has 0 saturated carbocycles. The average molecular weight is 337 g/mol. The molecule has 2 aromatic rings. The van der Waals surface area contributed by atoms with Crippen LogP contribution in [0.1, 0.15) is 29.5 Å². The van der Waals surface area contributed by atoms with Gasteiger partial charge in [-0.3, -0.25) is 9.59 Å². The number of esters is 1. The van der Waals surface area contributed by atoms with Gasteiger partial charge in [0.1, 0.15) is 24.6 Å². The standard InChI is InChI=1S/C20H19NO4/c1-24-19-9-6-15(7-10-19)5-8-18(22)12-20(23)25-14-17-4-2-3-16(11-17)13-21/h2-4,6-7,9-11H,5,8,12,14H2,1H3. The lowest BCUT2D eigenvalue weighted by atomic mass is 10.1. The van der Waals surface area contributed by atoms with Crippen molar-refractivity contribution in [3.8, 4) is 11.8 Å². The maximum absolute atomic E-state index is 11.9. The Balaban J connectivity index is 1.73. The fourth-order valence-corrected chi connectivity index (χ4v) is 2.27. The molecular formula is C20H19NO4. The van der Waals surface area contributed by atoms with Gasteiger partial charge < -0.3 is 9.47 Å². The van der Waals surface area contributed by atoms with E-state index in [9.17, 15) is 9.59 Å². The number of carbonyl (C=O) groups is 2. The molecule has 0 aromatic heterocycles. The molecule has 0 radical (unpaired) electrons. The number of nitriles is 1. The highest BCUT2D eigenvalue weighted by atomic mass is 16.5. The van der Waals surface area contributed by atoms with Gasteiger partial charge in [0.05, 0.1) is 18.7 Å². The zero-order valence-corrected chi connectivity index (χ0v) is 14.0. The highest BCUT2D eigenvalue weighted by Gasteiger charge is 2.11. The van der Waals surface area contributed by atoms with Crippen LogP contribution in [0.3, 0.4) is 0 Å².